The third-order valence-corrected chi connectivity index (χ3v) is 4.29. The van der Waals surface area contributed by atoms with Gasteiger partial charge in [0.2, 0.25) is 0 Å². The van der Waals surface area contributed by atoms with Gasteiger partial charge in [0, 0.05) is 11.4 Å². The van der Waals surface area contributed by atoms with Gasteiger partial charge in [0.15, 0.2) is 0 Å². The van der Waals surface area contributed by atoms with E-state index in [4.69, 9.17) is 10.5 Å². The molecule has 0 saturated heterocycles. The maximum Gasteiger partial charge on any atom is 0.261 e. The highest BCUT2D eigenvalue weighted by molar-refractivity contribution is 7.92. The van der Waals surface area contributed by atoms with Crippen molar-refractivity contribution < 1.29 is 13.2 Å². The summed E-state index contributed by atoms with van der Waals surface area (Å²) in [5.41, 5.74) is 7.63. The number of hydrogen-bond donors (Lipinski definition) is 2. The summed E-state index contributed by atoms with van der Waals surface area (Å²) in [7, 11) is -2.09. The number of nitrogen functional groups attached to an aromatic ring is 1. The topological polar surface area (TPSA) is 81.4 Å². The summed E-state index contributed by atoms with van der Waals surface area (Å²) < 4.78 is 31.9. The van der Waals surface area contributed by atoms with Crippen LogP contribution in [-0.2, 0) is 10.0 Å². The van der Waals surface area contributed by atoms with Crippen molar-refractivity contribution in [2.24, 2.45) is 0 Å². The van der Waals surface area contributed by atoms with Gasteiger partial charge < -0.3 is 10.5 Å². The Hall–Kier alpha value is -2.21. The van der Waals surface area contributed by atoms with E-state index in [1.54, 1.807) is 30.3 Å². The van der Waals surface area contributed by atoms with Crippen molar-refractivity contribution in [3.8, 4) is 5.75 Å². The molecule has 0 atom stereocenters. The number of nitrogens with one attached hydrogen (secondary N) is 1. The van der Waals surface area contributed by atoms with Crippen LogP contribution in [0.1, 0.15) is 5.56 Å². The molecule has 0 aliphatic rings. The molecule has 0 unspecified atom stereocenters. The summed E-state index contributed by atoms with van der Waals surface area (Å²) in [4.78, 5) is 0.174. The SMILES string of the molecule is COc1ccc(S(=O)(=O)Nc2ccc(N)c(C)c2)cc1. The highest BCUT2D eigenvalue weighted by Crippen LogP contribution is 2.21. The summed E-state index contributed by atoms with van der Waals surface area (Å²) >= 11 is 0. The minimum absolute atomic E-state index is 0.174. The number of hydrogen-bond acceptors (Lipinski definition) is 4. The molecule has 0 heterocycles. The molecule has 3 N–H and O–H groups in total. The fraction of sp³-hybridized carbons (Fsp3) is 0.143. The number of sulfonamides is 1. The standard InChI is InChI=1S/C14H16N2O3S/c1-10-9-11(3-8-14(10)15)16-20(17,18)13-6-4-12(19-2)5-7-13/h3-9,16H,15H2,1-2H3. The van der Waals surface area contributed by atoms with Gasteiger partial charge in [-0.3, -0.25) is 4.72 Å². The van der Waals surface area contributed by atoms with Crippen LogP contribution in [0.5, 0.6) is 5.75 Å². The third kappa shape index (κ3) is 3.03. The van der Waals surface area contributed by atoms with Crippen LogP contribution in [0.4, 0.5) is 11.4 Å². The average molecular weight is 292 g/mol. The van der Waals surface area contributed by atoms with Crippen LogP contribution in [0, 0.1) is 6.92 Å². The molecule has 0 aromatic heterocycles. The van der Waals surface area contributed by atoms with E-state index < -0.39 is 10.0 Å². The monoisotopic (exact) mass is 292 g/mol. The lowest BCUT2D eigenvalue weighted by Crippen LogP contribution is -2.13. The molecular formula is C14H16N2O3S. The Bertz CT molecular complexity index is 710. The molecule has 0 amide bonds. The molecule has 0 radical (unpaired) electrons. The molecule has 5 nitrogen and oxygen atoms in total. The van der Waals surface area contributed by atoms with Crippen molar-refractivity contribution in [2.45, 2.75) is 11.8 Å². The fourth-order valence-corrected chi connectivity index (χ4v) is 2.76. The van der Waals surface area contributed by atoms with Crippen molar-refractivity contribution >= 4 is 21.4 Å². The number of benzene rings is 2. The Morgan fingerprint density at radius 2 is 1.75 bits per heavy atom. The first-order chi connectivity index (χ1) is 9.42. The first kappa shape index (κ1) is 14.2. The maximum absolute atomic E-state index is 12.2. The van der Waals surface area contributed by atoms with Gasteiger partial charge in [-0.2, -0.15) is 0 Å². The number of ether oxygens (including phenoxy) is 1. The minimum Gasteiger partial charge on any atom is -0.497 e. The number of anilines is 2. The largest absolute Gasteiger partial charge is 0.497 e. The fourth-order valence-electron chi connectivity index (χ4n) is 1.71. The summed E-state index contributed by atoms with van der Waals surface area (Å²) in [5, 5.41) is 0. The predicted octanol–water partition coefficient (Wildman–Crippen LogP) is 2.39. The predicted molar refractivity (Wildman–Crippen MR) is 79.4 cm³/mol. The van der Waals surface area contributed by atoms with Crippen LogP contribution in [0.3, 0.4) is 0 Å². The van der Waals surface area contributed by atoms with Crippen molar-refractivity contribution in [1.29, 1.82) is 0 Å². The lowest BCUT2D eigenvalue weighted by Gasteiger charge is -2.10. The zero-order chi connectivity index (χ0) is 14.8. The van der Waals surface area contributed by atoms with E-state index in [0.29, 0.717) is 17.1 Å². The summed E-state index contributed by atoms with van der Waals surface area (Å²) in [6.07, 6.45) is 0. The Labute approximate surface area is 118 Å². The quantitative estimate of drug-likeness (QED) is 0.848. The van der Waals surface area contributed by atoms with E-state index >= 15 is 0 Å². The molecule has 106 valence electrons. The average Bonchev–Trinajstić information content (AvgIpc) is 2.43. The van der Waals surface area contributed by atoms with Crippen LogP contribution in [-0.4, -0.2) is 15.5 Å². The smallest absolute Gasteiger partial charge is 0.261 e. The first-order valence-corrected chi connectivity index (χ1v) is 7.44. The van der Waals surface area contributed by atoms with Crippen LogP contribution < -0.4 is 15.2 Å². The highest BCUT2D eigenvalue weighted by atomic mass is 32.2. The van der Waals surface area contributed by atoms with Gasteiger partial charge in [0.25, 0.3) is 10.0 Å². The van der Waals surface area contributed by atoms with Gasteiger partial charge in [-0.25, -0.2) is 8.42 Å². The molecule has 0 bridgehead atoms. The number of rotatable bonds is 4. The van der Waals surface area contributed by atoms with Crippen LogP contribution in [0.15, 0.2) is 47.4 Å². The zero-order valence-electron chi connectivity index (χ0n) is 11.3. The molecule has 0 aliphatic carbocycles. The Morgan fingerprint density at radius 1 is 1.10 bits per heavy atom. The highest BCUT2D eigenvalue weighted by Gasteiger charge is 2.14. The molecule has 2 aromatic carbocycles. The van der Waals surface area contributed by atoms with E-state index in [2.05, 4.69) is 4.72 Å². The lowest BCUT2D eigenvalue weighted by atomic mass is 10.2. The Kier molecular flexibility index (Phi) is 3.85. The van der Waals surface area contributed by atoms with Gasteiger partial charge in [-0.1, -0.05) is 0 Å². The van der Waals surface area contributed by atoms with Gasteiger partial charge in [-0.15, -0.1) is 0 Å². The molecule has 0 spiro atoms. The van der Waals surface area contributed by atoms with Crippen LogP contribution in [0.25, 0.3) is 0 Å². The number of methoxy groups -OCH3 is 1. The van der Waals surface area contributed by atoms with Crippen molar-refractivity contribution in [3.05, 3.63) is 48.0 Å². The first-order valence-electron chi connectivity index (χ1n) is 5.95. The Morgan fingerprint density at radius 3 is 2.30 bits per heavy atom. The van der Waals surface area contributed by atoms with Gasteiger partial charge >= 0.3 is 0 Å². The van der Waals surface area contributed by atoms with Crippen molar-refractivity contribution in [3.63, 3.8) is 0 Å². The van der Waals surface area contributed by atoms with E-state index in [0.717, 1.165) is 5.56 Å². The second-order valence-electron chi connectivity index (χ2n) is 4.35. The molecule has 0 fully saturated rings. The second-order valence-corrected chi connectivity index (χ2v) is 6.03. The summed E-state index contributed by atoms with van der Waals surface area (Å²) in [6.45, 7) is 1.82. The number of nitrogens with two attached hydrogens (primary N) is 1. The number of aryl methyl sites for hydroxylation is 1. The Balaban J connectivity index is 2.27. The molecule has 20 heavy (non-hydrogen) atoms. The molecule has 6 heteroatoms. The van der Waals surface area contributed by atoms with E-state index in [1.165, 1.54) is 19.2 Å². The second kappa shape index (κ2) is 5.42. The lowest BCUT2D eigenvalue weighted by molar-refractivity contribution is 0.414. The van der Waals surface area contributed by atoms with E-state index in [1.807, 2.05) is 6.92 Å². The van der Waals surface area contributed by atoms with Gasteiger partial charge in [0.1, 0.15) is 5.75 Å². The molecule has 0 aliphatic heterocycles. The zero-order valence-corrected chi connectivity index (χ0v) is 12.1. The summed E-state index contributed by atoms with van der Waals surface area (Å²) in [6, 6.07) is 11.2. The molecule has 2 aromatic rings. The minimum atomic E-state index is -3.61. The molecule has 0 saturated carbocycles. The van der Waals surface area contributed by atoms with E-state index in [-0.39, 0.29) is 4.90 Å². The van der Waals surface area contributed by atoms with Crippen LogP contribution in [0.2, 0.25) is 0 Å². The molecule has 2 rings (SSSR count). The normalized spacial score (nSPS) is 11.1. The van der Waals surface area contributed by atoms with Crippen LogP contribution >= 0.6 is 0 Å². The van der Waals surface area contributed by atoms with Crippen molar-refractivity contribution in [2.75, 3.05) is 17.6 Å². The van der Waals surface area contributed by atoms with E-state index in [9.17, 15) is 8.42 Å². The van der Waals surface area contributed by atoms with Gasteiger partial charge in [0.05, 0.1) is 12.0 Å². The van der Waals surface area contributed by atoms with Gasteiger partial charge in [-0.05, 0) is 55.0 Å². The van der Waals surface area contributed by atoms with Crippen molar-refractivity contribution in [1.82, 2.24) is 0 Å². The third-order valence-electron chi connectivity index (χ3n) is 2.89. The molecular weight excluding hydrogens is 276 g/mol. The summed E-state index contributed by atoms with van der Waals surface area (Å²) in [5.74, 6) is 0.604. The maximum atomic E-state index is 12.2.